The largest absolute Gasteiger partial charge is 1.00 e. The van der Waals surface area contributed by atoms with E-state index in [1.54, 1.807) is 54.6 Å². The molecule has 3 aromatic carbocycles. The fourth-order valence-electron chi connectivity index (χ4n) is 5.45. The van der Waals surface area contributed by atoms with Crippen molar-refractivity contribution in [2.75, 3.05) is 4.90 Å². The molecule has 1 aliphatic carbocycles. The lowest BCUT2D eigenvalue weighted by Crippen LogP contribution is -3.00. The molecule has 176 valence electrons. The molecule has 3 aliphatic rings. The van der Waals surface area contributed by atoms with Gasteiger partial charge in [0.15, 0.2) is 0 Å². The van der Waals surface area contributed by atoms with E-state index in [2.05, 4.69) is 15.9 Å². The Labute approximate surface area is 215 Å². The van der Waals surface area contributed by atoms with Crippen LogP contribution in [0.15, 0.2) is 77.3 Å². The van der Waals surface area contributed by atoms with Crippen LogP contribution < -0.4 is 17.3 Å². The summed E-state index contributed by atoms with van der Waals surface area (Å²) in [5.41, 5.74) is 0.378. The van der Waals surface area contributed by atoms with Gasteiger partial charge in [0.1, 0.15) is 0 Å². The van der Waals surface area contributed by atoms with Crippen LogP contribution in [0.3, 0.4) is 0 Å². The van der Waals surface area contributed by atoms with Crippen LogP contribution >= 0.6 is 15.9 Å². The third kappa shape index (κ3) is 3.12. The van der Waals surface area contributed by atoms with Crippen molar-refractivity contribution >= 4 is 45.0 Å². The number of ketones is 2. The van der Waals surface area contributed by atoms with Crippen LogP contribution in [0.5, 0.6) is 0 Å². The Balaban J connectivity index is 0.00000253. The number of carbonyl (C=O) groups is 4. The van der Waals surface area contributed by atoms with Crippen molar-refractivity contribution in [2.24, 2.45) is 11.8 Å². The number of hydrogen-bond acceptors (Lipinski definition) is 5. The molecule has 0 aromatic heterocycles. The van der Waals surface area contributed by atoms with Gasteiger partial charge in [-0.05, 0) is 36.8 Å². The Morgan fingerprint density at radius 2 is 1.46 bits per heavy atom. The summed E-state index contributed by atoms with van der Waals surface area (Å²) in [4.78, 5) is 56.2. The zero-order valence-corrected chi connectivity index (χ0v) is 20.7. The monoisotopic (exact) mass is 550 g/mol. The molecule has 1 spiro atoms. The molecule has 8 heteroatoms. The molecule has 0 saturated carbocycles. The number of benzene rings is 3. The number of anilines is 1. The third-order valence-electron chi connectivity index (χ3n) is 6.99. The van der Waals surface area contributed by atoms with E-state index in [1.807, 2.05) is 25.1 Å². The van der Waals surface area contributed by atoms with Gasteiger partial charge in [-0.3, -0.25) is 19.2 Å². The number of Topliss-reactive ketones (excluding diaryl/α,β-unsaturated/α-hetero) is 2. The van der Waals surface area contributed by atoms with E-state index >= 15 is 0 Å². The van der Waals surface area contributed by atoms with Crippen molar-refractivity contribution in [1.29, 1.82) is 0 Å². The van der Waals surface area contributed by atoms with Crippen LogP contribution in [0.1, 0.15) is 37.9 Å². The van der Waals surface area contributed by atoms with Gasteiger partial charge in [0.25, 0.3) is 0 Å². The first-order chi connectivity index (χ1) is 16.3. The Morgan fingerprint density at radius 1 is 0.829 bits per heavy atom. The number of carbonyl (C=O) groups excluding carboxylic acids is 4. The maximum atomic E-state index is 13.8. The molecule has 6 nitrogen and oxygen atoms in total. The minimum Gasteiger partial charge on any atom is -1.00 e. The van der Waals surface area contributed by atoms with Gasteiger partial charge in [-0.1, -0.05) is 70.0 Å². The number of nitrogens with zero attached hydrogens (tertiary/aromatic N) is 1. The zero-order valence-electron chi connectivity index (χ0n) is 18.4. The van der Waals surface area contributed by atoms with Crippen LogP contribution in [0, 0.1) is 18.8 Å². The number of amides is 2. The summed E-state index contributed by atoms with van der Waals surface area (Å²) in [6, 6.07) is 20.6. The molecule has 2 saturated heterocycles. The molecule has 0 bridgehead atoms. The van der Waals surface area contributed by atoms with Crippen LogP contribution in [-0.2, 0) is 14.3 Å². The van der Waals surface area contributed by atoms with Crippen LogP contribution in [0.4, 0.5) is 5.69 Å². The van der Waals surface area contributed by atoms with Crippen LogP contribution in [-0.4, -0.2) is 29.0 Å². The van der Waals surface area contributed by atoms with Crippen LogP contribution in [0.25, 0.3) is 0 Å². The first-order valence-electron chi connectivity index (χ1n) is 10.9. The first kappa shape index (κ1) is 23.6. The molecular weight excluding hydrogens is 534 g/mol. The number of imide groups is 1. The molecular formula is C27H18BrClNO5-. The Morgan fingerprint density at radius 3 is 2.06 bits per heavy atom. The Kier molecular flexibility index (Phi) is 5.55. The van der Waals surface area contributed by atoms with E-state index in [0.29, 0.717) is 11.3 Å². The van der Waals surface area contributed by atoms with Gasteiger partial charge in [0.05, 0.1) is 23.6 Å². The molecule has 2 aliphatic heterocycles. The molecule has 3 atom stereocenters. The molecule has 3 unspecified atom stereocenters. The highest BCUT2D eigenvalue weighted by Crippen LogP contribution is 2.57. The second kappa shape index (κ2) is 8.22. The summed E-state index contributed by atoms with van der Waals surface area (Å²) in [5.74, 6) is -4.45. The van der Waals surface area contributed by atoms with E-state index < -0.39 is 46.9 Å². The van der Waals surface area contributed by atoms with Crippen molar-refractivity contribution in [1.82, 2.24) is 0 Å². The SMILES string of the molecule is Cc1ccc(N2C(=O)C3C(c4cccc(Br)c4)OC4(C(=O)c5ccccc5C4=O)C3C2=O)cc1.[Cl-]. The van der Waals surface area contributed by atoms with E-state index in [4.69, 9.17) is 4.74 Å². The minimum atomic E-state index is -2.06. The van der Waals surface area contributed by atoms with E-state index in [-0.39, 0.29) is 23.5 Å². The number of ether oxygens (including phenoxy) is 1. The van der Waals surface area contributed by atoms with E-state index in [1.165, 1.54) is 0 Å². The van der Waals surface area contributed by atoms with E-state index in [0.717, 1.165) is 14.9 Å². The summed E-state index contributed by atoms with van der Waals surface area (Å²) >= 11 is 3.43. The van der Waals surface area contributed by atoms with Crippen molar-refractivity contribution in [3.63, 3.8) is 0 Å². The summed E-state index contributed by atoms with van der Waals surface area (Å²) in [7, 11) is 0. The fraction of sp³-hybridized carbons (Fsp3) is 0.185. The van der Waals surface area contributed by atoms with Crippen molar-refractivity contribution in [3.05, 3.63) is 99.5 Å². The highest BCUT2D eigenvalue weighted by Gasteiger charge is 2.74. The van der Waals surface area contributed by atoms with Gasteiger partial charge in [0, 0.05) is 15.6 Å². The Hall–Kier alpha value is -3.13. The lowest BCUT2D eigenvalue weighted by molar-refractivity contribution is -0.127. The van der Waals surface area contributed by atoms with Gasteiger partial charge in [-0.2, -0.15) is 0 Å². The van der Waals surface area contributed by atoms with Gasteiger partial charge in [-0.25, -0.2) is 4.90 Å². The second-order valence-corrected chi connectivity index (χ2v) is 9.80. The summed E-state index contributed by atoms with van der Waals surface area (Å²) in [6.45, 7) is 1.91. The standard InChI is InChI=1S/C27H18BrNO5.ClH/c1-14-9-11-17(12-10-14)29-25(32)20-21(26(29)33)27(34-22(20)15-5-4-6-16(28)13-15)23(30)18-7-2-3-8-19(18)24(27)31;/h2-13,20-22H,1H3;1H/p-1. The average Bonchev–Trinajstić information content (AvgIpc) is 3.40. The second-order valence-electron chi connectivity index (χ2n) is 8.88. The topological polar surface area (TPSA) is 80.8 Å². The van der Waals surface area contributed by atoms with E-state index in [9.17, 15) is 19.2 Å². The predicted octanol–water partition coefficient (Wildman–Crippen LogP) is 1.46. The third-order valence-corrected chi connectivity index (χ3v) is 7.48. The van der Waals surface area contributed by atoms with Crippen molar-refractivity contribution < 1.29 is 36.3 Å². The first-order valence-corrected chi connectivity index (χ1v) is 11.7. The maximum absolute atomic E-state index is 13.8. The molecule has 6 rings (SSSR count). The molecule has 3 aromatic rings. The number of halogens is 2. The summed E-state index contributed by atoms with van der Waals surface area (Å²) in [5, 5.41) is 0. The molecule has 2 fully saturated rings. The predicted molar refractivity (Wildman–Crippen MR) is 126 cm³/mol. The van der Waals surface area contributed by atoms with Crippen molar-refractivity contribution in [3.8, 4) is 0 Å². The van der Waals surface area contributed by atoms with Crippen LogP contribution in [0.2, 0.25) is 0 Å². The quantitative estimate of drug-likeness (QED) is 0.356. The highest BCUT2D eigenvalue weighted by molar-refractivity contribution is 9.10. The number of rotatable bonds is 2. The average molecular weight is 552 g/mol. The summed E-state index contributed by atoms with van der Waals surface area (Å²) in [6.07, 6.45) is -0.934. The van der Waals surface area contributed by atoms with Gasteiger partial charge < -0.3 is 17.1 Å². The number of hydrogen-bond donors (Lipinski definition) is 0. The molecule has 35 heavy (non-hydrogen) atoms. The van der Waals surface area contributed by atoms with Gasteiger partial charge >= 0.3 is 0 Å². The Bertz CT molecular complexity index is 1380. The summed E-state index contributed by atoms with van der Waals surface area (Å²) < 4.78 is 7.04. The van der Waals surface area contributed by atoms with Gasteiger partial charge in [0.2, 0.25) is 29.0 Å². The maximum Gasteiger partial charge on any atom is 0.241 e. The van der Waals surface area contributed by atoms with Gasteiger partial charge in [-0.15, -0.1) is 0 Å². The number of aryl methyl sites for hydroxylation is 1. The normalized spacial score (nSPS) is 24.1. The van der Waals surface area contributed by atoms with Crippen molar-refractivity contribution in [2.45, 2.75) is 18.6 Å². The zero-order chi connectivity index (χ0) is 23.8. The smallest absolute Gasteiger partial charge is 0.241 e. The molecule has 2 amide bonds. The number of fused-ring (bicyclic) bond motifs is 3. The molecule has 0 N–H and O–H groups in total. The molecule has 0 radical (unpaired) electrons. The minimum absolute atomic E-state index is 0. The molecule has 2 heterocycles. The fourth-order valence-corrected chi connectivity index (χ4v) is 5.87. The highest BCUT2D eigenvalue weighted by atomic mass is 79.9. The lowest BCUT2D eigenvalue weighted by Gasteiger charge is -2.27. The lowest BCUT2D eigenvalue weighted by atomic mass is 9.77.